The summed E-state index contributed by atoms with van der Waals surface area (Å²) >= 11 is 1.13. The number of fused-ring (bicyclic) bond motifs is 1. The second-order valence-electron chi connectivity index (χ2n) is 5.23. The zero-order valence-electron chi connectivity index (χ0n) is 12.5. The minimum absolute atomic E-state index is 0.0750. The van der Waals surface area contributed by atoms with E-state index in [0.717, 1.165) is 28.9 Å². The van der Waals surface area contributed by atoms with Crippen molar-refractivity contribution in [2.24, 2.45) is 0 Å². The summed E-state index contributed by atoms with van der Waals surface area (Å²) in [6.45, 7) is 0. The van der Waals surface area contributed by atoms with Crippen LogP contribution in [0.3, 0.4) is 0 Å². The Labute approximate surface area is 143 Å². The SMILES string of the molecule is O=C(O)c1csc(-n2nc(-c3ccc(F)c(F)c3)c3ccccc32)n1. The van der Waals surface area contributed by atoms with Gasteiger partial charge < -0.3 is 5.11 Å². The van der Waals surface area contributed by atoms with E-state index in [-0.39, 0.29) is 5.69 Å². The molecule has 0 saturated carbocycles. The molecule has 1 N–H and O–H groups in total. The number of rotatable bonds is 3. The molecule has 0 saturated heterocycles. The average Bonchev–Trinajstić information content (AvgIpc) is 3.22. The van der Waals surface area contributed by atoms with Crippen LogP contribution in [0.4, 0.5) is 8.78 Å². The normalized spacial score (nSPS) is 11.1. The molecule has 4 rings (SSSR count). The number of halogens is 2. The molecule has 0 amide bonds. The summed E-state index contributed by atoms with van der Waals surface area (Å²) in [6, 6.07) is 10.8. The molecule has 0 atom stereocenters. The van der Waals surface area contributed by atoms with Gasteiger partial charge in [-0.3, -0.25) is 0 Å². The van der Waals surface area contributed by atoms with Crippen LogP contribution >= 0.6 is 11.3 Å². The standard InChI is InChI=1S/C17H9F2N3O2S/c18-11-6-5-9(7-12(11)19)15-10-3-1-2-4-14(10)22(21-15)17-20-13(8-25-17)16(23)24/h1-8H,(H,23,24). The van der Waals surface area contributed by atoms with Gasteiger partial charge in [0, 0.05) is 16.3 Å². The third kappa shape index (κ3) is 2.56. The molecule has 124 valence electrons. The third-order valence-corrected chi connectivity index (χ3v) is 4.49. The highest BCUT2D eigenvalue weighted by atomic mass is 32.1. The Morgan fingerprint density at radius 3 is 2.64 bits per heavy atom. The monoisotopic (exact) mass is 357 g/mol. The van der Waals surface area contributed by atoms with E-state index < -0.39 is 17.6 Å². The second kappa shape index (κ2) is 5.75. The molecule has 25 heavy (non-hydrogen) atoms. The quantitative estimate of drug-likeness (QED) is 0.599. The summed E-state index contributed by atoms with van der Waals surface area (Å²) in [4.78, 5) is 15.1. The molecular formula is C17H9F2N3O2S. The van der Waals surface area contributed by atoms with Crippen molar-refractivity contribution in [3.63, 3.8) is 0 Å². The molecule has 0 aliphatic carbocycles. The molecule has 2 aromatic carbocycles. The van der Waals surface area contributed by atoms with E-state index in [0.29, 0.717) is 21.9 Å². The Hall–Kier alpha value is -3.13. The lowest BCUT2D eigenvalue weighted by Gasteiger charge is -1.99. The molecule has 0 unspecified atom stereocenters. The van der Waals surface area contributed by atoms with E-state index >= 15 is 0 Å². The van der Waals surface area contributed by atoms with Crippen molar-refractivity contribution in [2.45, 2.75) is 0 Å². The Morgan fingerprint density at radius 2 is 1.92 bits per heavy atom. The van der Waals surface area contributed by atoms with Gasteiger partial charge in [-0.25, -0.2) is 23.2 Å². The maximum atomic E-state index is 13.6. The fraction of sp³-hybridized carbons (Fsp3) is 0. The minimum atomic E-state index is -1.13. The maximum Gasteiger partial charge on any atom is 0.355 e. The largest absolute Gasteiger partial charge is 0.476 e. The van der Waals surface area contributed by atoms with E-state index in [2.05, 4.69) is 10.1 Å². The number of carboxylic acid groups (broad SMARTS) is 1. The molecule has 4 aromatic rings. The summed E-state index contributed by atoms with van der Waals surface area (Å²) in [6.07, 6.45) is 0. The first kappa shape index (κ1) is 15.4. The summed E-state index contributed by atoms with van der Waals surface area (Å²) in [7, 11) is 0. The number of aromatic nitrogens is 3. The lowest BCUT2D eigenvalue weighted by molar-refractivity contribution is 0.0691. The van der Waals surface area contributed by atoms with E-state index in [1.54, 1.807) is 18.2 Å². The van der Waals surface area contributed by atoms with Crippen LogP contribution in [0.2, 0.25) is 0 Å². The summed E-state index contributed by atoms with van der Waals surface area (Å²) < 4.78 is 28.3. The van der Waals surface area contributed by atoms with Crippen molar-refractivity contribution in [3.8, 4) is 16.4 Å². The van der Waals surface area contributed by atoms with Crippen LogP contribution in [-0.2, 0) is 0 Å². The highest BCUT2D eigenvalue weighted by molar-refractivity contribution is 7.12. The summed E-state index contributed by atoms with van der Waals surface area (Å²) in [5, 5.41) is 16.0. The first-order valence-corrected chi connectivity index (χ1v) is 8.05. The molecule has 2 aromatic heterocycles. The molecule has 2 heterocycles. The second-order valence-corrected chi connectivity index (χ2v) is 6.06. The number of benzene rings is 2. The number of carboxylic acids is 1. The number of aromatic carboxylic acids is 1. The maximum absolute atomic E-state index is 13.6. The van der Waals surface area contributed by atoms with Gasteiger partial charge >= 0.3 is 5.97 Å². The van der Waals surface area contributed by atoms with E-state index in [1.807, 2.05) is 6.07 Å². The van der Waals surface area contributed by atoms with Crippen LogP contribution < -0.4 is 0 Å². The highest BCUT2D eigenvalue weighted by Gasteiger charge is 2.17. The van der Waals surface area contributed by atoms with Gasteiger partial charge in [0.25, 0.3) is 0 Å². The highest BCUT2D eigenvalue weighted by Crippen LogP contribution is 2.31. The number of thiazole rings is 1. The molecule has 0 fully saturated rings. The molecule has 5 nitrogen and oxygen atoms in total. The number of carbonyl (C=O) groups is 1. The predicted octanol–water partition coefficient (Wildman–Crippen LogP) is 4.13. The van der Waals surface area contributed by atoms with Crippen LogP contribution in [0.1, 0.15) is 10.5 Å². The van der Waals surface area contributed by atoms with Gasteiger partial charge in [0.05, 0.1) is 5.52 Å². The van der Waals surface area contributed by atoms with Crippen LogP contribution in [-0.4, -0.2) is 25.8 Å². The lowest BCUT2D eigenvalue weighted by atomic mass is 10.1. The zero-order chi connectivity index (χ0) is 17.6. The van der Waals surface area contributed by atoms with Gasteiger partial charge in [0.1, 0.15) is 5.69 Å². The number of hydrogen-bond donors (Lipinski definition) is 1. The van der Waals surface area contributed by atoms with Gasteiger partial charge in [0.15, 0.2) is 17.3 Å². The van der Waals surface area contributed by atoms with Gasteiger partial charge in [0.2, 0.25) is 5.13 Å². The molecule has 0 spiro atoms. The van der Waals surface area contributed by atoms with E-state index in [4.69, 9.17) is 5.11 Å². The molecule has 0 aliphatic rings. The molecule has 0 aliphatic heterocycles. The zero-order valence-corrected chi connectivity index (χ0v) is 13.3. The van der Waals surface area contributed by atoms with Crippen LogP contribution in [0.5, 0.6) is 0 Å². The topological polar surface area (TPSA) is 68.0 Å². The van der Waals surface area contributed by atoms with Crippen LogP contribution in [0.15, 0.2) is 47.8 Å². The minimum Gasteiger partial charge on any atom is -0.476 e. The molecular weight excluding hydrogens is 348 g/mol. The summed E-state index contributed by atoms with van der Waals surface area (Å²) in [5.41, 5.74) is 1.49. The van der Waals surface area contributed by atoms with Crippen molar-refractivity contribution >= 4 is 28.2 Å². The fourth-order valence-electron chi connectivity index (χ4n) is 2.53. The molecule has 8 heteroatoms. The Kier molecular flexibility index (Phi) is 3.54. The molecule has 0 bridgehead atoms. The van der Waals surface area contributed by atoms with E-state index in [1.165, 1.54) is 16.1 Å². The number of hydrogen-bond acceptors (Lipinski definition) is 4. The van der Waals surface area contributed by atoms with Gasteiger partial charge in [-0.1, -0.05) is 18.2 Å². The Bertz CT molecular complexity index is 1120. The molecule has 0 radical (unpaired) electrons. The lowest BCUT2D eigenvalue weighted by Crippen LogP contribution is -2.00. The van der Waals surface area contributed by atoms with Crippen molar-refractivity contribution in [3.05, 3.63) is 65.2 Å². The smallest absolute Gasteiger partial charge is 0.355 e. The van der Waals surface area contributed by atoms with Crippen LogP contribution in [0.25, 0.3) is 27.3 Å². The van der Waals surface area contributed by atoms with Gasteiger partial charge in [-0.05, 0) is 24.3 Å². The van der Waals surface area contributed by atoms with Gasteiger partial charge in [-0.2, -0.15) is 5.10 Å². The van der Waals surface area contributed by atoms with E-state index in [9.17, 15) is 13.6 Å². The number of nitrogens with zero attached hydrogens (tertiary/aromatic N) is 3. The van der Waals surface area contributed by atoms with Crippen molar-refractivity contribution in [2.75, 3.05) is 0 Å². The van der Waals surface area contributed by atoms with Crippen molar-refractivity contribution < 1.29 is 18.7 Å². The van der Waals surface area contributed by atoms with Crippen molar-refractivity contribution in [1.82, 2.24) is 14.8 Å². The Morgan fingerprint density at radius 1 is 1.12 bits per heavy atom. The number of para-hydroxylation sites is 1. The van der Waals surface area contributed by atoms with Crippen molar-refractivity contribution in [1.29, 1.82) is 0 Å². The predicted molar refractivity (Wildman–Crippen MR) is 89.1 cm³/mol. The average molecular weight is 357 g/mol. The Balaban J connectivity index is 1.94. The first-order chi connectivity index (χ1) is 12.0. The van der Waals surface area contributed by atoms with Crippen LogP contribution in [0, 0.1) is 11.6 Å². The fourth-order valence-corrected chi connectivity index (χ4v) is 3.29. The summed E-state index contributed by atoms with van der Waals surface area (Å²) in [5.74, 6) is -3.02. The third-order valence-electron chi connectivity index (χ3n) is 3.67. The first-order valence-electron chi connectivity index (χ1n) is 7.17. The van der Waals surface area contributed by atoms with Gasteiger partial charge in [-0.15, -0.1) is 11.3 Å².